The molecule has 0 unspecified atom stereocenters. The Labute approximate surface area is 170 Å². The van der Waals surface area contributed by atoms with E-state index in [0.29, 0.717) is 12.2 Å². The highest BCUT2D eigenvalue weighted by Gasteiger charge is 2.16. The van der Waals surface area contributed by atoms with Gasteiger partial charge in [0.25, 0.3) is 5.91 Å². The third-order valence-electron chi connectivity index (χ3n) is 4.54. The lowest BCUT2D eigenvalue weighted by Gasteiger charge is -2.05. The highest BCUT2D eigenvalue weighted by atomic mass is 32.1. The number of rotatable bonds is 7. The van der Waals surface area contributed by atoms with Crippen LogP contribution in [0, 0.1) is 6.92 Å². The largest absolute Gasteiger partial charge is 0.496 e. The van der Waals surface area contributed by atoms with E-state index in [1.54, 1.807) is 18.4 Å². The summed E-state index contributed by atoms with van der Waals surface area (Å²) in [6.07, 6.45) is 3.70. The van der Waals surface area contributed by atoms with Crippen LogP contribution < -0.4 is 10.1 Å². The molecule has 8 heteroatoms. The highest BCUT2D eigenvalue weighted by molar-refractivity contribution is 7.15. The molecule has 3 heterocycles. The first-order chi connectivity index (χ1) is 13.7. The van der Waals surface area contributed by atoms with Crippen LogP contribution in [0.2, 0.25) is 0 Å². The summed E-state index contributed by atoms with van der Waals surface area (Å²) >= 11 is 3.12. The van der Waals surface area contributed by atoms with Crippen LogP contribution in [0.15, 0.2) is 41.4 Å². The number of aryl methyl sites for hydroxylation is 2. The maximum atomic E-state index is 12.6. The van der Waals surface area contributed by atoms with E-state index < -0.39 is 0 Å². The van der Waals surface area contributed by atoms with Crippen molar-refractivity contribution in [2.45, 2.75) is 19.8 Å². The number of hydrogen-bond donors (Lipinski definition) is 1. The molecule has 0 radical (unpaired) electrons. The molecule has 0 saturated carbocycles. The second-order valence-electron chi connectivity index (χ2n) is 6.32. The first-order valence-corrected chi connectivity index (χ1v) is 10.7. The number of fused-ring (bicyclic) bond motifs is 1. The van der Waals surface area contributed by atoms with Crippen LogP contribution in [-0.4, -0.2) is 33.9 Å². The van der Waals surface area contributed by atoms with Gasteiger partial charge in [0, 0.05) is 28.6 Å². The molecule has 1 amide bonds. The van der Waals surface area contributed by atoms with Crippen LogP contribution in [0.25, 0.3) is 16.2 Å². The number of thiazole rings is 2. The van der Waals surface area contributed by atoms with Gasteiger partial charge in [-0.2, -0.15) is 0 Å². The second-order valence-corrected chi connectivity index (χ2v) is 8.10. The molecule has 0 saturated heterocycles. The number of ether oxygens (including phenoxy) is 1. The Morgan fingerprint density at radius 1 is 1.29 bits per heavy atom. The van der Waals surface area contributed by atoms with Crippen LogP contribution in [0.5, 0.6) is 5.75 Å². The average Bonchev–Trinajstić information content (AvgIpc) is 3.40. The summed E-state index contributed by atoms with van der Waals surface area (Å²) in [5.74, 6) is 0.675. The molecular formula is C20H20N4O2S2. The van der Waals surface area contributed by atoms with E-state index >= 15 is 0 Å². The minimum absolute atomic E-state index is 0.0868. The second kappa shape index (κ2) is 8.12. The molecule has 0 atom stereocenters. The van der Waals surface area contributed by atoms with Gasteiger partial charge in [0.1, 0.15) is 11.4 Å². The number of para-hydroxylation sites is 1. The smallest absolute Gasteiger partial charge is 0.269 e. The van der Waals surface area contributed by atoms with Gasteiger partial charge in [-0.3, -0.25) is 9.20 Å². The lowest BCUT2D eigenvalue weighted by Crippen LogP contribution is -2.25. The molecule has 0 fully saturated rings. The van der Waals surface area contributed by atoms with Crippen molar-refractivity contribution in [2.75, 3.05) is 13.7 Å². The molecule has 4 rings (SSSR count). The zero-order chi connectivity index (χ0) is 19.5. The summed E-state index contributed by atoms with van der Waals surface area (Å²) < 4.78 is 7.27. The van der Waals surface area contributed by atoms with Crippen LogP contribution in [0.1, 0.15) is 27.5 Å². The molecule has 0 bridgehead atoms. The van der Waals surface area contributed by atoms with Crippen LogP contribution >= 0.6 is 22.7 Å². The topological polar surface area (TPSA) is 68.5 Å². The highest BCUT2D eigenvalue weighted by Crippen LogP contribution is 2.30. The fraction of sp³-hybridized carbons (Fsp3) is 0.250. The molecule has 0 aliphatic heterocycles. The molecule has 0 aliphatic carbocycles. The Bertz CT molecular complexity index is 1110. The summed E-state index contributed by atoms with van der Waals surface area (Å²) in [6, 6.07) is 7.74. The number of amides is 1. The summed E-state index contributed by atoms with van der Waals surface area (Å²) in [4.78, 5) is 23.6. The average molecular weight is 413 g/mol. The van der Waals surface area contributed by atoms with Crippen LogP contribution in [-0.2, 0) is 6.42 Å². The number of hydrogen-bond acceptors (Lipinski definition) is 6. The molecule has 0 aliphatic rings. The SMILES string of the molecule is COc1ccccc1-c1cn2c(C(=O)NCCCc3scnc3C)csc2n1. The minimum Gasteiger partial charge on any atom is -0.496 e. The van der Waals surface area contributed by atoms with Crippen LogP contribution in [0.3, 0.4) is 0 Å². The molecule has 6 nitrogen and oxygen atoms in total. The first-order valence-electron chi connectivity index (χ1n) is 8.94. The zero-order valence-electron chi connectivity index (χ0n) is 15.6. The lowest BCUT2D eigenvalue weighted by molar-refractivity contribution is 0.0947. The summed E-state index contributed by atoms with van der Waals surface area (Å²) in [6.45, 7) is 2.65. The zero-order valence-corrected chi connectivity index (χ0v) is 17.3. The van der Waals surface area contributed by atoms with E-state index in [4.69, 9.17) is 4.74 Å². The first kappa shape index (κ1) is 18.6. The molecule has 3 aromatic heterocycles. The number of nitrogens with zero attached hydrogens (tertiary/aromatic N) is 3. The maximum Gasteiger partial charge on any atom is 0.269 e. The van der Waals surface area contributed by atoms with Gasteiger partial charge >= 0.3 is 0 Å². The van der Waals surface area contributed by atoms with Gasteiger partial charge < -0.3 is 10.1 Å². The number of carbonyl (C=O) groups is 1. The van der Waals surface area contributed by atoms with Gasteiger partial charge in [-0.25, -0.2) is 9.97 Å². The van der Waals surface area contributed by atoms with E-state index in [1.807, 2.05) is 52.7 Å². The number of aromatic nitrogens is 3. The quantitative estimate of drug-likeness (QED) is 0.462. The number of imidazole rings is 1. The fourth-order valence-corrected chi connectivity index (χ4v) is 4.72. The Hall–Kier alpha value is -2.71. The standard InChI is InChI=1S/C20H20N4O2S2/c1-13-18(28-12-22-13)8-5-9-21-19(25)16-11-27-20-23-15(10-24(16)20)14-6-3-4-7-17(14)26-2/h3-4,6-7,10-12H,5,8-9H2,1-2H3,(H,21,25). The van der Waals surface area contributed by atoms with Crippen molar-refractivity contribution < 1.29 is 9.53 Å². The molecule has 0 spiro atoms. The number of methoxy groups -OCH3 is 1. The predicted octanol–water partition coefficient (Wildman–Crippen LogP) is 4.20. The van der Waals surface area contributed by atoms with E-state index in [0.717, 1.165) is 40.5 Å². The molecule has 144 valence electrons. The number of nitrogens with one attached hydrogen (secondary N) is 1. The van der Waals surface area contributed by atoms with Crippen molar-refractivity contribution in [1.29, 1.82) is 0 Å². The van der Waals surface area contributed by atoms with Gasteiger partial charge in [0.15, 0.2) is 4.96 Å². The monoisotopic (exact) mass is 412 g/mol. The third kappa shape index (κ3) is 3.65. The molecule has 28 heavy (non-hydrogen) atoms. The fourth-order valence-electron chi connectivity index (χ4n) is 3.04. The van der Waals surface area contributed by atoms with Crippen LogP contribution in [0.4, 0.5) is 0 Å². The molecular weight excluding hydrogens is 392 g/mol. The van der Waals surface area contributed by atoms with Crippen molar-refractivity contribution in [3.8, 4) is 17.0 Å². The van der Waals surface area contributed by atoms with Gasteiger partial charge in [0.2, 0.25) is 0 Å². The van der Waals surface area contributed by atoms with Gasteiger partial charge in [-0.15, -0.1) is 22.7 Å². The van der Waals surface area contributed by atoms with Gasteiger partial charge in [0.05, 0.1) is 24.0 Å². The predicted molar refractivity (Wildman–Crippen MR) is 113 cm³/mol. The number of benzene rings is 1. The summed E-state index contributed by atoms with van der Waals surface area (Å²) in [5.41, 5.74) is 5.25. The van der Waals surface area contributed by atoms with E-state index in [2.05, 4.69) is 15.3 Å². The van der Waals surface area contributed by atoms with Crippen molar-refractivity contribution in [3.05, 3.63) is 57.6 Å². The molecule has 1 N–H and O–H groups in total. The normalized spacial score (nSPS) is 11.1. The van der Waals surface area contributed by atoms with Gasteiger partial charge in [-0.1, -0.05) is 12.1 Å². The van der Waals surface area contributed by atoms with E-state index in [1.165, 1.54) is 16.2 Å². The van der Waals surface area contributed by atoms with Crippen molar-refractivity contribution in [3.63, 3.8) is 0 Å². The van der Waals surface area contributed by atoms with E-state index in [9.17, 15) is 4.79 Å². The van der Waals surface area contributed by atoms with E-state index in [-0.39, 0.29) is 5.91 Å². The van der Waals surface area contributed by atoms with Crippen molar-refractivity contribution in [2.24, 2.45) is 0 Å². The number of carbonyl (C=O) groups excluding carboxylic acids is 1. The Morgan fingerprint density at radius 2 is 2.14 bits per heavy atom. The van der Waals surface area contributed by atoms with Gasteiger partial charge in [-0.05, 0) is 31.9 Å². The van der Waals surface area contributed by atoms with Crippen molar-refractivity contribution >= 4 is 33.5 Å². The molecule has 4 aromatic rings. The third-order valence-corrected chi connectivity index (χ3v) is 6.37. The summed E-state index contributed by atoms with van der Waals surface area (Å²) in [5, 5.41) is 4.85. The maximum absolute atomic E-state index is 12.6. The Morgan fingerprint density at radius 3 is 2.93 bits per heavy atom. The minimum atomic E-state index is -0.0868. The lowest BCUT2D eigenvalue weighted by atomic mass is 10.1. The summed E-state index contributed by atoms with van der Waals surface area (Å²) in [7, 11) is 1.64. The molecule has 1 aromatic carbocycles. The Kier molecular flexibility index (Phi) is 5.40. The van der Waals surface area contributed by atoms with Crippen molar-refractivity contribution in [1.82, 2.24) is 19.7 Å². The Balaban J connectivity index is 1.46.